The molecule has 30 heavy (non-hydrogen) atoms. The minimum absolute atomic E-state index is 0.00394. The summed E-state index contributed by atoms with van der Waals surface area (Å²) in [5.41, 5.74) is 3.74. The summed E-state index contributed by atoms with van der Waals surface area (Å²) in [7, 11) is -4.19. The van der Waals surface area contributed by atoms with Crippen molar-refractivity contribution in [3.63, 3.8) is 0 Å². The molecule has 3 saturated carbocycles. The van der Waals surface area contributed by atoms with E-state index in [1.165, 1.54) is 94.6 Å². The first-order chi connectivity index (χ1) is 14.4. The first-order valence-electron chi connectivity index (χ1n) is 12.8. The van der Waals surface area contributed by atoms with Crippen LogP contribution in [0.4, 0.5) is 0 Å². The smallest absolute Gasteiger partial charge is 0.282 e. The van der Waals surface area contributed by atoms with Gasteiger partial charge in [0.05, 0.1) is 4.91 Å². The lowest BCUT2D eigenvalue weighted by Gasteiger charge is -2.47. The first-order valence-corrected chi connectivity index (χ1v) is 14.2. The molecule has 2 atom stereocenters. The van der Waals surface area contributed by atoms with Gasteiger partial charge in [0.1, 0.15) is 0 Å². The van der Waals surface area contributed by atoms with Gasteiger partial charge in [-0.15, -0.1) is 0 Å². The molecule has 3 nitrogen and oxygen atoms in total. The third-order valence-corrected chi connectivity index (χ3v) is 10.1. The minimum atomic E-state index is -4.19. The van der Waals surface area contributed by atoms with E-state index in [0.29, 0.717) is 28.6 Å². The predicted molar refractivity (Wildman–Crippen MR) is 124 cm³/mol. The Morgan fingerprint density at radius 2 is 1.10 bits per heavy atom. The second-order valence-corrected chi connectivity index (χ2v) is 12.1. The summed E-state index contributed by atoms with van der Waals surface area (Å²) in [6, 6.07) is 0. The summed E-state index contributed by atoms with van der Waals surface area (Å²) >= 11 is 0. The van der Waals surface area contributed by atoms with Gasteiger partial charge in [0.15, 0.2) is 0 Å². The van der Waals surface area contributed by atoms with Crippen molar-refractivity contribution >= 4 is 10.1 Å². The highest BCUT2D eigenvalue weighted by atomic mass is 32.2. The van der Waals surface area contributed by atoms with Gasteiger partial charge >= 0.3 is 0 Å². The van der Waals surface area contributed by atoms with Crippen LogP contribution in [0.15, 0.2) is 21.6 Å². The van der Waals surface area contributed by atoms with Crippen LogP contribution in [0.3, 0.4) is 0 Å². The van der Waals surface area contributed by atoms with Crippen molar-refractivity contribution < 1.29 is 13.0 Å². The summed E-state index contributed by atoms with van der Waals surface area (Å²) in [6.45, 7) is 4.35. The minimum Gasteiger partial charge on any atom is -0.282 e. The van der Waals surface area contributed by atoms with E-state index in [1.807, 2.05) is 6.92 Å². The van der Waals surface area contributed by atoms with Crippen LogP contribution in [0.2, 0.25) is 0 Å². The Kier molecular flexibility index (Phi) is 7.14. The van der Waals surface area contributed by atoms with Gasteiger partial charge in [0.2, 0.25) is 0 Å². The number of rotatable bonds is 4. The molecular formula is C26H42O3S. The van der Waals surface area contributed by atoms with Gasteiger partial charge in [-0.1, -0.05) is 63.4 Å². The molecule has 2 unspecified atom stereocenters. The maximum absolute atomic E-state index is 12.9. The standard InChI is InChI=1S/C26H42O3S/c1-18-23(20-12-6-3-7-13-20)19(2)26(30(27,28)29)25(22-16-10-5-11-17-22)24(18)21-14-8-4-9-15-21/h20-22,24-25H,3-17H2,1-2H3,(H,27,28,29). The van der Waals surface area contributed by atoms with E-state index < -0.39 is 10.1 Å². The normalized spacial score (nSPS) is 31.4. The van der Waals surface area contributed by atoms with Crippen LogP contribution >= 0.6 is 0 Å². The fourth-order valence-electron chi connectivity index (χ4n) is 7.82. The van der Waals surface area contributed by atoms with Gasteiger partial charge in [-0.2, -0.15) is 8.42 Å². The number of hydrogen-bond donors (Lipinski definition) is 1. The molecule has 1 N–H and O–H groups in total. The van der Waals surface area contributed by atoms with Crippen LogP contribution in [0, 0.1) is 29.6 Å². The molecule has 0 bridgehead atoms. The molecule has 0 saturated heterocycles. The Morgan fingerprint density at radius 1 is 0.667 bits per heavy atom. The van der Waals surface area contributed by atoms with E-state index in [2.05, 4.69) is 6.92 Å². The highest BCUT2D eigenvalue weighted by Gasteiger charge is 2.47. The lowest BCUT2D eigenvalue weighted by atomic mass is 9.60. The summed E-state index contributed by atoms with van der Waals surface area (Å²) in [5, 5.41) is 0. The van der Waals surface area contributed by atoms with Crippen LogP contribution in [-0.4, -0.2) is 13.0 Å². The highest BCUT2D eigenvalue weighted by molar-refractivity contribution is 7.89. The Balaban J connectivity index is 1.84. The van der Waals surface area contributed by atoms with E-state index in [1.54, 1.807) is 0 Å². The van der Waals surface area contributed by atoms with Crippen LogP contribution in [-0.2, 0) is 10.1 Å². The van der Waals surface area contributed by atoms with Gasteiger partial charge < -0.3 is 0 Å². The second-order valence-electron chi connectivity index (χ2n) is 10.7. The van der Waals surface area contributed by atoms with Crippen molar-refractivity contribution in [1.82, 2.24) is 0 Å². The quantitative estimate of drug-likeness (QED) is 0.467. The first kappa shape index (κ1) is 22.6. The summed E-state index contributed by atoms with van der Waals surface area (Å²) in [6.07, 6.45) is 18.4. The highest BCUT2D eigenvalue weighted by Crippen LogP contribution is 2.55. The van der Waals surface area contributed by atoms with Gasteiger partial charge in [0.25, 0.3) is 10.1 Å². The lowest BCUT2D eigenvalue weighted by Crippen LogP contribution is -2.39. The fourth-order valence-corrected chi connectivity index (χ4v) is 9.00. The Labute approximate surface area is 184 Å². The fraction of sp³-hybridized carbons (Fsp3) is 0.846. The van der Waals surface area contributed by atoms with Crippen LogP contribution in [0.25, 0.3) is 0 Å². The van der Waals surface area contributed by atoms with Crippen LogP contribution in [0.1, 0.15) is 110 Å². The third-order valence-electron chi connectivity index (χ3n) is 8.99. The molecule has 0 aromatic carbocycles. The molecule has 170 valence electrons. The molecular weight excluding hydrogens is 392 g/mol. The lowest BCUT2D eigenvalue weighted by molar-refractivity contribution is 0.153. The van der Waals surface area contributed by atoms with Crippen molar-refractivity contribution in [3.8, 4) is 0 Å². The molecule has 0 radical (unpaired) electrons. The third kappa shape index (κ3) is 4.46. The average Bonchev–Trinajstić information content (AvgIpc) is 2.74. The molecule has 0 spiro atoms. The molecule has 0 aromatic rings. The van der Waals surface area contributed by atoms with Gasteiger partial charge in [-0.3, -0.25) is 4.55 Å². The van der Waals surface area contributed by atoms with E-state index >= 15 is 0 Å². The van der Waals surface area contributed by atoms with Crippen molar-refractivity contribution in [2.75, 3.05) is 0 Å². The molecule has 3 fully saturated rings. The number of hydrogen-bond acceptors (Lipinski definition) is 2. The zero-order valence-corrected chi connectivity index (χ0v) is 20.0. The van der Waals surface area contributed by atoms with E-state index in [-0.39, 0.29) is 5.92 Å². The summed E-state index contributed by atoms with van der Waals surface area (Å²) < 4.78 is 36.3. The van der Waals surface area contributed by atoms with E-state index in [9.17, 15) is 13.0 Å². The average molecular weight is 435 g/mol. The maximum atomic E-state index is 12.9. The Morgan fingerprint density at radius 3 is 1.57 bits per heavy atom. The van der Waals surface area contributed by atoms with Crippen molar-refractivity contribution in [3.05, 3.63) is 21.6 Å². The van der Waals surface area contributed by atoms with Crippen molar-refractivity contribution in [2.45, 2.75) is 110 Å². The largest absolute Gasteiger partial charge is 0.291 e. The SMILES string of the molecule is CC1=C(S(=O)(=O)O)C(C2CCCCC2)C(C2CCCCC2)C(C)=C1C1CCCCC1. The molecule has 4 heteroatoms. The second kappa shape index (κ2) is 9.48. The van der Waals surface area contributed by atoms with Crippen molar-refractivity contribution in [1.29, 1.82) is 0 Å². The molecule has 0 amide bonds. The molecule has 0 aromatic heterocycles. The molecule has 4 aliphatic carbocycles. The predicted octanol–water partition coefficient (Wildman–Crippen LogP) is 7.45. The molecule has 0 heterocycles. The van der Waals surface area contributed by atoms with Gasteiger partial charge in [0, 0.05) is 5.92 Å². The van der Waals surface area contributed by atoms with E-state index in [0.717, 1.165) is 18.4 Å². The Bertz CT molecular complexity index is 773. The van der Waals surface area contributed by atoms with E-state index in [4.69, 9.17) is 0 Å². The topological polar surface area (TPSA) is 54.4 Å². The van der Waals surface area contributed by atoms with Crippen molar-refractivity contribution in [2.24, 2.45) is 29.6 Å². The van der Waals surface area contributed by atoms with Gasteiger partial charge in [-0.05, 0) is 87.2 Å². The summed E-state index contributed by atoms with van der Waals surface area (Å²) in [4.78, 5) is 0.427. The zero-order chi connectivity index (χ0) is 21.3. The van der Waals surface area contributed by atoms with Crippen LogP contribution < -0.4 is 0 Å². The zero-order valence-electron chi connectivity index (χ0n) is 19.2. The number of allylic oxidation sites excluding steroid dienone is 4. The monoisotopic (exact) mass is 434 g/mol. The molecule has 4 rings (SSSR count). The molecule has 4 aliphatic rings. The van der Waals surface area contributed by atoms with Crippen LogP contribution in [0.5, 0.6) is 0 Å². The summed E-state index contributed by atoms with van der Waals surface area (Å²) in [5.74, 6) is 1.77. The Hall–Kier alpha value is -0.610. The molecule has 0 aliphatic heterocycles. The van der Waals surface area contributed by atoms with Gasteiger partial charge in [-0.25, -0.2) is 0 Å². The maximum Gasteiger partial charge on any atom is 0.291 e.